The summed E-state index contributed by atoms with van der Waals surface area (Å²) in [6.07, 6.45) is 39.3. The summed E-state index contributed by atoms with van der Waals surface area (Å²) >= 11 is 0. The van der Waals surface area contributed by atoms with E-state index in [-0.39, 0.29) is 0 Å². The SMILES string of the molecule is Cc1cc(C2=CC=C3C=CC4=C5C(=CC=C2C35)C=CC4)cc(C2=CCC3=CC=C4C=CC=C5C=CC2=C3C54)c1. The molecule has 1 aromatic rings. The Bertz CT molecular complexity index is 1880. The number of allylic oxidation sites excluding steroid dienone is 28. The van der Waals surface area contributed by atoms with Gasteiger partial charge in [-0.3, -0.25) is 0 Å². The van der Waals surface area contributed by atoms with Crippen LogP contribution in [0.15, 0.2) is 171 Å². The predicted octanol–water partition coefficient (Wildman–Crippen LogP) is 9.26. The van der Waals surface area contributed by atoms with Crippen molar-refractivity contribution in [2.24, 2.45) is 11.8 Å². The van der Waals surface area contributed by atoms with Gasteiger partial charge >= 0.3 is 0 Å². The summed E-state index contributed by atoms with van der Waals surface area (Å²) in [5.41, 5.74) is 21.2. The Morgan fingerprint density at radius 3 is 2.38 bits per heavy atom. The molecule has 8 aliphatic carbocycles. The molecule has 1 aromatic carbocycles. The predicted molar refractivity (Wildman–Crippen MR) is 162 cm³/mol. The molecule has 0 saturated heterocycles. The van der Waals surface area contributed by atoms with Gasteiger partial charge in [0.1, 0.15) is 0 Å². The fourth-order valence-corrected chi connectivity index (χ4v) is 7.82. The molecule has 0 aromatic heterocycles. The molecule has 0 nitrogen and oxygen atoms in total. The maximum Gasteiger partial charge on any atom is 0.0354 e. The number of hydrogen-bond acceptors (Lipinski definition) is 0. The van der Waals surface area contributed by atoms with Crippen LogP contribution in [0, 0.1) is 18.8 Å². The fraction of sp³-hybridized carbons (Fsp3) is 0.128. The van der Waals surface area contributed by atoms with Crippen molar-refractivity contribution < 1.29 is 0 Å². The van der Waals surface area contributed by atoms with Gasteiger partial charge in [-0.25, -0.2) is 0 Å². The Labute approximate surface area is 230 Å². The van der Waals surface area contributed by atoms with Crippen molar-refractivity contribution in [3.8, 4) is 0 Å². The van der Waals surface area contributed by atoms with E-state index < -0.39 is 0 Å². The van der Waals surface area contributed by atoms with Gasteiger partial charge in [-0.15, -0.1) is 0 Å². The molecule has 9 rings (SSSR count). The molecule has 39 heavy (non-hydrogen) atoms. The van der Waals surface area contributed by atoms with Crippen LogP contribution in [0.25, 0.3) is 11.1 Å². The van der Waals surface area contributed by atoms with E-state index in [9.17, 15) is 0 Å². The molecule has 0 amide bonds. The normalized spacial score (nSPS) is 26.5. The van der Waals surface area contributed by atoms with Crippen molar-refractivity contribution in [3.05, 3.63) is 188 Å². The van der Waals surface area contributed by atoms with Crippen molar-refractivity contribution in [2.75, 3.05) is 0 Å². The van der Waals surface area contributed by atoms with Gasteiger partial charge in [-0.2, -0.15) is 0 Å². The quantitative estimate of drug-likeness (QED) is 0.383. The van der Waals surface area contributed by atoms with Gasteiger partial charge in [0.25, 0.3) is 0 Å². The van der Waals surface area contributed by atoms with Crippen LogP contribution in [0.5, 0.6) is 0 Å². The maximum absolute atomic E-state index is 2.46. The van der Waals surface area contributed by atoms with Crippen molar-refractivity contribution in [1.82, 2.24) is 0 Å². The smallest absolute Gasteiger partial charge is 0.0354 e. The molecule has 0 radical (unpaired) electrons. The second-order valence-electron chi connectivity index (χ2n) is 11.7. The van der Waals surface area contributed by atoms with Crippen molar-refractivity contribution in [3.63, 3.8) is 0 Å². The highest BCUT2D eigenvalue weighted by Crippen LogP contribution is 2.52. The second-order valence-corrected chi connectivity index (χ2v) is 11.7. The average Bonchev–Trinajstić information content (AvgIpc) is 2.98. The molecule has 0 saturated carbocycles. The molecule has 184 valence electrons. The van der Waals surface area contributed by atoms with Crippen LogP contribution in [0.4, 0.5) is 0 Å². The first-order valence-corrected chi connectivity index (χ1v) is 14.2. The molecule has 0 heterocycles. The lowest BCUT2D eigenvalue weighted by molar-refractivity contribution is 0.834. The summed E-state index contributed by atoms with van der Waals surface area (Å²) in [4.78, 5) is 0. The van der Waals surface area contributed by atoms with Crippen LogP contribution >= 0.6 is 0 Å². The minimum Gasteiger partial charge on any atom is -0.0795 e. The van der Waals surface area contributed by atoms with Gasteiger partial charge in [0.05, 0.1) is 0 Å². The third-order valence-electron chi connectivity index (χ3n) is 9.50. The van der Waals surface area contributed by atoms with E-state index in [0.29, 0.717) is 11.8 Å². The number of rotatable bonds is 2. The van der Waals surface area contributed by atoms with Crippen LogP contribution in [-0.4, -0.2) is 0 Å². The summed E-state index contributed by atoms with van der Waals surface area (Å²) < 4.78 is 0. The molecule has 0 N–H and O–H groups in total. The minimum atomic E-state index is 0.351. The number of benzene rings is 1. The number of hydrogen-bond donors (Lipinski definition) is 0. The highest BCUT2D eigenvalue weighted by Gasteiger charge is 2.36. The lowest BCUT2D eigenvalue weighted by Crippen LogP contribution is -2.22. The molecule has 0 spiro atoms. The van der Waals surface area contributed by atoms with Crippen LogP contribution in [-0.2, 0) is 0 Å². The summed E-state index contributed by atoms with van der Waals surface area (Å²) in [5.74, 6) is 0.732. The Morgan fingerprint density at radius 2 is 1.44 bits per heavy atom. The van der Waals surface area contributed by atoms with Crippen LogP contribution in [0.2, 0.25) is 0 Å². The monoisotopic (exact) mass is 496 g/mol. The van der Waals surface area contributed by atoms with Crippen molar-refractivity contribution >= 4 is 11.1 Å². The molecule has 2 atom stereocenters. The Balaban J connectivity index is 1.17. The van der Waals surface area contributed by atoms with Gasteiger partial charge in [0, 0.05) is 11.8 Å². The fourth-order valence-electron chi connectivity index (χ4n) is 7.82. The third-order valence-corrected chi connectivity index (χ3v) is 9.50. The number of aryl methyl sites for hydroxylation is 1. The second kappa shape index (κ2) is 7.80. The lowest BCUT2D eigenvalue weighted by Gasteiger charge is -2.37. The van der Waals surface area contributed by atoms with Gasteiger partial charge in [0.2, 0.25) is 0 Å². The Hall–Kier alpha value is -4.42. The van der Waals surface area contributed by atoms with E-state index in [1.165, 1.54) is 83.6 Å². The zero-order valence-corrected chi connectivity index (χ0v) is 22.0. The third kappa shape index (κ3) is 3.00. The lowest BCUT2D eigenvalue weighted by atomic mass is 9.66. The van der Waals surface area contributed by atoms with Crippen LogP contribution in [0.1, 0.15) is 29.5 Å². The van der Waals surface area contributed by atoms with Gasteiger partial charge in [0.15, 0.2) is 0 Å². The van der Waals surface area contributed by atoms with E-state index in [4.69, 9.17) is 0 Å². The first kappa shape index (κ1) is 21.5. The van der Waals surface area contributed by atoms with E-state index in [1.54, 1.807) is 0 Å². The summed E-state index contributed by atoms with van der Waals surface area (Å²) in [5, 5.41) is 0. The first-order valence-electron chi connectivity index (χ1n) is 14.2. The topological polar surface area (TPSA) is 0 Å². The summed E-state index contributed by atoms with van der Waals surface area (Å²) in [7, 11) is 0. The Kier molecular flexibility index (Phi) is 4.30. The minimum absolute atomic E-state index is 0.351. The van der Waals surface area contributed by atoms with Gasteiger partial charge in [-0.05, 0) is 109 Å². The van der Waals surface area contributed by atoms with Crippen LogP contribution < -0.4 is 0 Å². The van der Waals surface area contributed by atoms with Crippen molar-refractivity contribution in [2.45, 2.75) is 19.8 Å². The molecule has 8 aliphatic rings. The maximum atomic E-state index is 2.46. The molecule has 0 aliphatic heterocycles. The van der Waals surface area contributed by atoms with Crippen molar-refractivity contribution in [1.29, 1.82) is 0 Å². The van der Waals surface area contributed by atoms with E-state index in [0.717, 1.165) is 12.8 Å². The molecular weight excluding hydrogens is 468 g/mol. The van der Waals surface area contributed by atoms with E-state index in [1.807, 2.05) is 0 Å². The molecule has 2 unspecified atom stereocenters. The molecule has 0 heteroatoms. The first-order chi connectivity index (χ1) is 19.2. The zero-order valence-electron chi connectivity index (χ0n) is 22.0. The zero-order chi connectivity index (χ0) is 25.7. The molecule has 0 bridgehead atoms. The highest BCUT2D eigenvalue weighted by molar-refractivity contribution is 5.92. The standard InChI is InChI=1S/C39H28/c1-23-20-30(32-16-12-28-10-8-24-4-2-6-26-14-18-34(32)38(28)36(24)26)22-31(21-23)33-17-13-29-11-9-25-5-3-7-27-15-19-35(33)39(29)37(25)27/h2-4,6-11,13-22,36,39H,5,12H2,1H3. The van der Waals surface area contributed by atoms with E-state index in [2.05, 4.69) is 122 Å². The largest absolute Gasteiger partial charge is 0.0795 e. The highest BCUT2D eigenvalue weighted by atomic mass is 14.4. The van der Waals surface area contributed by atoms with Gasteiger partial charge < -0.3 is 0 Å². The Morgan fingerprint density at radius 1 is 0.615 bits per heavy atom. The molecular formula is C39H28. The van der Waals surface area contributed by atoms with E-state index >= 15 is 0 Å². The van der Waals surface area contributed by atoms with Gasteiger partial charge in [-0.1, -0.05) is 109 Å². The van der Waals surface area contributed by atoms with Crippen LogP contribution in [0.3, 0.4) is 0 Å². The molecule has 0 fully saturated rings. The summed E-state index contributed by atoms with van der Waals surface area (Å²) in [6.45, 7) is 2.25. The summed E-state index contributed by atoms with van der Waals surface area (Å²) in [6, 6.07) is 7.20. The average molecular weight is 497 g/mol.